The number of nitrogens with zero attached hydrogens (tertiary/aromatic N) is 2. The molecule has 0 saturated heterocycles. The van der Waals surface area contributed by atoms with Crippen molar-refractivity contribution < 1.29 is 0 Å². The van der Waals surface area contributed by atoms with Crippen molar-refractivity contribution in [2.24, 2.45) is 7.92 Å². The number of rotatable bonds is 3. The summed E-state index contributed by atoms with van der Waals surface area (Å²) in [7, 11) is 0. The van der Waals surface area contributed by atoms with Crippen LogP contribution >= 0.6 is 11.6 Å². The Bertz CT molecular complexity index is 909. The predicted molar refractivity (Wildman–Crippen MR) is 87.0 cm³/mol. The Morgan fingerprint density at radius 1 is 1.19 bits per heavy atom. The van der Waals surface area contributed by atoms with Gasteiger partial charge in [-0.2, -0.15) is 0 Å². The maximum atomic E-state index is 6.01. The number of aromatic amines is 1. The SMILES string of the molecule is Clc1ccc2c(CNc3cccc4c3N=[Se]=N4)c[nH]c2c1. The monoisotopic (exact) mass is 362 g/mol. The van der Waals surface area contributed by atoms with Gasteiger partial charge in [-0.15, -0.1) is 0 Å². The third-order valence-electron chi connectivity index (χ3n) is 3.48. The Morgan fingerprint density at radius 3 is 3.10 bits per heavy atom. The van der Waals surface area contributed by atoms with Gasteiger partial charge in [0.1, 0.15) is 0 Å². The molecule has 21 heavy (non-hydrogen) atoms. The van der Waals surface area contributed by atoms with Gasteiger partial charge in [0.2, 0.25) is 0 Å². The number of hydrogen-bond acceptors (Lipinski definition) is 3. The molecule has 2 heterocycles. The standard InChI is InChI=1S/C15H11ClN4Se/c16-10-4-5-11-9(8-18-14(11)6-10)7-17-12-2-1-3-13-15(12)20-21-19-13/h1-6,8,17-18H,7H2. The fourth-order valence-corrected chi connectivity index (χ4v) is 3.77. The quantitative estimate of drug-likeness (QED) is 0.507. The molecule has 4 nitrogen and oxygen atoms in total. The molecule has 3 aromatic rings. The molecule has 2 aromatic carbocycles. The summed E-state index contributed by atoms with van der Waals surface area (Å²) in [4.78, 5) is 3.25. The molecule has 0 radical (unpaired) electrons. The summed E-state index contributed by atoms with van der Waals surface area (Å²) in [6.45, 7) is 0.737. The van der Waals surface area contributed by atoms with Crippen LogP contribution in [0.25, 0.3) is 10.9 Å². The number of anilines is 1. The molecule has 0 unspecified atom stereocenters. The van der Waals surface area contributed by atoms with E-state index in [0.29, 0.717) is 0 Å². The van der Waals surface area contributed by atoms with Gasteiger partial charge in [-0.05, 0) is 0 Å². The summed E-state index contributed by atoms with van der Waals surface area (Å²) in [5, 5.41) is 5.39. The van der Waals surface area contributed by atoms with Crippen molar-refractivity contribution in [1.29, 1.82) is 0 Å². The van der Waals surface area contributed by atoms with E-state index in [4.69, 9.17) is 11.6 Å². The van der Waals surface area contributed by atoms with Gasteiger partial charge in [0, 0.05) is 0 Å². The van der Waals surface area contributed by atoms with Crippen molar-refractivity contribution in [2.75, 3.05) is 5.32 Å². The van der Waals surface area contributed by atoms with Crippen LogP contribution in [0.15, 0.2) is 50.5 Å². The Labute approximate surface area is 132 Å². The van der Waals surface area contributed by atoms with E-state index in [2.05, 4.69) is 18.2 Å². The van der Waals surface area contributed by atoms with Crippen LogP contribution in [0.4, 0.5) is 17.1 Å². The van der Waals surface area contributed by atoms with Crippen LogP contribution in [0, 0.1) is 0 Å². The van der Waals surface area contributed by atoms with Crippen LogP contribution in [-0.2, 0) is 6.54 Å². The summed E-state index contributed by atoms with van der Waals surface area (Å²) >= 11 is 6.01. The second kappa shape index (κ2) is 5.19. The zero-order valence-electron chi connectivity index (χ0n) is 10.9. The molecule has 6 heteroatoms. The van der Waals surface area contributed by atoms with Crippen LogP contribution in [0.2, 0.25) is 5.02 Å². The number of hydrogen-bond donors (Lipinski definition) is 2. The van der Waals surface area contributed by atoms with Gasteiger partial charge in [0.15, 0.2) is 0 Å². The van der Waals surface area contributed by atoms with Crippen LogP contribution in [0.5, 0.6) is 0 Å². The molecule has 0 bridgehead atoms. The zero-order valence-corrected chi connectivity index (χ0v) is 13.4. The molecule has 0 fully saturated rings. The topological polar surface area (TPSA) is 52.5 Å². The molecule has 0 spiro atoms. The first-order valence-corrected chi connectivity index (χ1v) is 8.43. The van der Waals surface area contributed by atoms with E-state index >= 15 is 0 Å². The first kappa shape index (κ1) is 12.9. The van der Waals surface area contributed by atoms with Gasteiger partial charge in [0.25, 0.3) is 0 Å². The van der Waals surface area contributed by atoms with Gasteiger partial charge >= 0.3 is 132 Å². The van der Waals surface area contributed by atoms with Crippen molar-refractivity contribution >= 4 is 54.1 Å². The average molecular weight is 362 g/mol. The van der Waals surface area contributed by atoms with Crippen molar-refractivity contribution in [1.82, 2.24) is 4.98 Å². The van der Waals surface area contributed by atoms with Crippen molar-refractivity contribution in [3.63, 3.8) is 0 Å². The van der Waals surface area contributed by atoms with Gasteiger partial charge in [-0.3, -0.25) is 0 Å². The third-order valence-corrected chi connectivity index (χ3v) is 4.86. The van der Waals surface area contributed by atoms with E-state index in [9.17, 15) is 0 Å². The molecule has 4 rings (SSSR count). The zero-order chi connectivity index (χ0) is 14.2. The normalized spacial score (nSPS) is 12.4. The molecule has 1 aromatic heterocycles. The van der Waals surface area contributed by atoms with E-state index < -0.39 is 0 Å². The Hall–Kier alpha value is -1.81. The van der Waals surface area contributed by atoms with Crippen molar-refractivity contribution in [3.8, 4) is 0 Å². The number of H-pyrrole nitrogens is 1. The van der Waals surface area contributed by atoms with Crippen LogP contribution in [0.1, 0.15) is 5.56 Å². The van der Waals surface area contributed by atoms with E-state index in [1.54, 1.807) is 0 Å². The summed E-state index contributed by atoms with van der Waals surface area (Å²) in [6, 6.07) is 12.0. The second-order valence-corrected chi connectivity index (χ2v) is 6.34. The van der Waals surface area contributed by atoms with Gasteiger partial charge in [0.05, 0.1) is 0 Å². The Morgan fingerprint density at radius 2 is 2.14 bits per heavy atom. The summed E-state index contributed by atoms with van der Waals surface area (Å²) < 4.78 is 8.88. The van der Waals surface area contributed by atoms with E-state index in [-0.39, 0.29) is 14.6 Å². The molecular weight excluding hydrogens is 351 g/mol. The van der Waals surface area contributed by atoms with Crippen LogP contribution in [0.3, 0.4) is 0 Å². The predicted octanol–water partition coefficient (Wildman–Crippen LogP) is 4.78. The number of benzene rings is 2. The van der Waals surface area contributed by atoms with Gasteiger partial charge in [-0.25, -0.2) is 0 Å². The number of halogens is 1. The minimum absolute atomic E-state index is 0.00233. The summed E-state index contributed by atoms with van der Waals surface area (Å²) in [6.07, 6.45) is 2.02. The van der Waals surface area contributed by atoms with Gasteiger partial charge < -0.3 is 0 Å². The van der Waals surface area contributed by atoms with E-state index in [0.717, 1.165) is 34.1 Å². The number of nitrogens with one attached hydrogen (secondary N) is 2. The molecule has 2 N–H and O–H groups in total. The average Bonchev–Trinajstić information content (AvgIpc) is 3.11. The Kier molecular flexibility index (Phi) is 3.18. The van der Waals surface area contributed by atoms with E-state index in [1.165, 1.54) is 10.9 Å². The maximum absolute atomic E-state index is 6.01. The molecule has 104 valence electrons. The first-order chi connectivity index (χ1) is 10.3. The molecule has 1 aliphatic heterocycles. The fourth-order valence-electron chi connectivity index (χ4n) is 2.44. The number of aromatic nitrogens is 1. The molecule has 0 amide bonds. The molecule has 1 aliphatic rings. The first-order valence-electron chi connectivity index (χ1n) is 6.52. The molecule has 0 saturated carbocycles. The summed E-state index contributed by atoms with van der Waals surface area (Å²) in [5.74, 6) is 0. The second-order valence-electron chi connectivity index (χ2n) is 4.79. The van der Waals surface area contributed by atoms with Crippen LogP contribution in [-0.4, -0.2) is 19.6 Å². The van der Waals surface area contributed by atoms with E-state index in [1.807, 2.05) is 42.6 Å². The third kappa shape index (κ3) is 2.33. The van der Waals surface area contributed by atoms with Crippen molar-refractivity contribution in [3.05, 3.63) is 53.2 Å². The van der Waals surface area contributed by atoms with Crippen molar-refractivity contribution in [2.45, 2.75) is 6.54 Å². The molecular formula is C15H11ClN4Se. The molecule has 0 aliphatic carbocycles. The number of fused-ring (bicyclic) bond motifs is 2. The summed E-state index contributed by atoms with van der Waals surface area (Å²) in [5.41, 5.74) is 5.28. The van der Waals surface area contributed by atoms with Crippen LogP contribution < -0.4 is 5.32 Å². The molecule has 0 atom stereocenters. The minimum atomic E-state index is -0.00233. The Balaban J connectivity index is 1.62. The fraction of sp³-hybridized carbons (Fsp3) is 0.0667. The van der Waals surface area contributed by atoms with Gasteiger partial charge in [-0.1, -0.05) is 0 Å².